The van der Waals surface area contributed by atoms with Gasteiger partial charge in [-0.3, -0.25) is 0 Å². The van der Waals surface area contributed by atoms with Crippen LogP contribution in [0, 0.1) is 0 Å². The fourth-order valence-corrected chi connectivity index (χ4v) is 2.09. The minimum absolute atomic E-state index is 0.255. The monoisotopic (exact) mass is 286 g/mol. The van der Waals surface area contributed by atoms with Crippen molar-refractivity contribution in [3.63, 3.8) is 0 Å². The lowest BCUT2D eigenvalue weighted by Gasteiger charge is -2.28. The summed E-state index contributed by atoms with van der Waals surface area (Å²) in [7, 11) is 0. The molecule has 20 heavy (non-hydrogen) atoms. The maximum atomic E-state index is 12.6. The molecule has 0 aliphatic rings. The van der Waals surface area contributed by atoms with Crippen LogP contribution in [0.15, 0.2) is 12.1 Å². The number of ether oxygens (including phenoxy) is 2. The number of hydrogen-bond donors (Lipinski definition) is 0. The molecule has 1 aromatic carbocycles. The lowest BCUT2D eigenvalue weighted by atomic mass is 9.81. The molecule has 0 saturated carbocycles. The second kappa shape index (κ2) is 5.98. The molecule has 0 spiro atoms. The fourth-order valence-electron chi connectivity index (χ4n) is 2.09. The van der Waals surface area contributed by atoms with Gasteiger partial charge in [-0.05, 0) is 23.0 Å². The zero-order chi connectivity index (χ0) is 15.6. The van der Waals surface area contributed by atoms with Crippen LogP contribution in [0.4, 0.5) is 8.78 Å². The maximum Gasteiger partial charge on any atom is 0.228 e. The lowest BCUT2D eigenvalue weighted by molar-refractivity contribution is 0.180. The molecule has 0 aliphatic heterocycles. The Balaban J connectivity index is 3.51. The first kappa shape index (κ1) is 16.7. The molecule has 0 bridgehead atoms. The van der Waals surface area contributed by atoms with Gasteiger partial charge in [-0.1, -0.05) is 41.5 Å². The van der Waals surface area contributed by atoms with E-state index in [1.165, 1.54) is 0 Å². The lowest BCUT2D eigenvalue weighted by Crippen LogP contribution is -2.18. The summed E-state index contributed by atoms with van der Waals surface area (Å²) in [5.41, 5.74) is 1.09. The molecular weight excluding hydrogens is 262 g/mol. The first-order chi connectivity index (χ1) is 9.11. The normalized spacial score (nSPS) is 12.4. The van der Waals surface area contributed by atoms with E-state index in [1.54, 1.807) is 12.1 Å². The highest BCUT2D eigenvalue weighted by atomic mass is 19.1. The van der Waals surface area contributed by atoms with Crippen LogP contribution in [0.3, 0.4) is 0 Å². The Bertz CT molecular complexity index is 413. The van der Waals surface area contributed by atoms with Crippen LogP contribution >= 0.6 is 0 Å². The van der Waals surface area contributed by atoms with E-state index in [1.807, 2.05) is 41.5 Å². The van der Waals surface area contributed by atoms with Crippen molar-refractivity contribution in [2.45, 2.75) is 52.4 Å². The largest absolute Gasteiger partial charge is 0.463 e. The minimum atomic E-state index is -0.893. The highest BCUT2D eigenvalue weighted by molar-refractivity contribution is 5.51. The van der Waals surface area contributed by atoms with Gasteiger partial charge in [-0.15, -0.1) is 0 Å². The van der Waals surface area contributed by atoms with E-state index >= 15 is 0 Å². The van der Waals surface area contributed by atoms with E-state index in [0.29, 0.717) is 11.5 Å². The van der Waals surface area contributed by atoms with Gasteiger partial charge in [0.15, 0.2) is 0 Å². The van der Waals surface area contributed by atoms with Gasteiger partial charge in [0.1, 0.15) is 11.5 Å². The standard InChI is InChI=1S/C16H24F2O2/c1-15(2,3)11-7-14(20-10-18)12(16(4,5)6)8-13(11)19-9-17/h7-8H,9-10H2,1-6H3. The van der Waals surface area contributed by atoms with Crippen molar-refractivity contribution in [1.29, 1.82) is 0 Å². The van der Waals surface area contributed by atoms with E-state index in [0.717, 1.165) is 11.1 Å². The molecule has 0 amide bonds. The predicted octanol–water partition coefficient (Wildman–Crippen LogP) is 4.89. The Hall–Kier alpha value is -1.32. The molecule has 0 saturated heterocycles. The second-order valence-electron chi connectivity index (χ2n) is 6.85. The Morgan fingerprint density at radius 1 is 0.750 bits per heavy atom. The third-order valence-electron chi connectivity index (χ3n) is 3.12. The van der Waals surface area contributed by atoms with Crippen molar-refractivity contribution in [1.82, 2.24) is 0 Å². The molecule has 4 heteroatoms. The molecule has 1 aromatic rings. The van der Waals surface area contributed by atoms with E-state index in [2.05, 4.69) is 0 Å². The summed E-state index contributed by atoms with van der Waals surface area (Å²) in [6, 6.07) is 3.51. The van der Waals surface area contributed by atoms with Gasteiger partial charge in [0.25, 0.3) is 0 Å². The summed E-state index contributed by atoms with van der Waals surface area (Å²) in [4.78, 5) is 0. The van der Waals surface area contributed by atoms with Crippen LogP contribution in [-0.2, 0) is 10.8 Å². The van der Waals surface area contributed by atoms with Crippen LogP contribution in [0.1, 0.15) is 52.7 Å². The van der Waals surface area contributed by atoms with E-state index in [-0.39, 0.29) is 10.8 Å². The molecule has 0 radical (unpaired) electrons. The van der Waals surface area contributed by atoms with Crippen molar-refractivity contribution in [2.24, 2.45) is 0 Å². The van der Waals surface area contributed by atoms with Gasteiger partial charge < -0.3 is 9.47 Å². The third kappa shape index (κ3) is 3.84. The average Bonchev–Trinajstić information content (AvgIpc) is 2.28. The van der Waals surface area contributed by atoms with Crippen molar-refractivity contribution >= 4 is 0 Å². The van der Waals surface area contributed by atoms with Crippen LogP contribution in [0.25, 0.3) is 0 Å². The SMILES string of the molecule is CC(C)(C)c1cc(OCF)c(C(C)(C)C)cc1OCF. The van der Waals surface area contributed by atoms with Crippen LogP contribution in [0.2, 0.25) is 0 Å². The molecular formula is C16H24F2O2. The zero-order valence-corrected chi connectivity index (χ0v) is 13.1. The van der Waals surface area contributed by atoms with Gasteiger partial charge in [-0.25, -0.2) is 8.78 Å². The fraction of sp³-hybridized carbons (Fsp3) is 0.625. The van der Waals surface area contributed by atoms with Gasteiger partial charge in [0, 0.05) is 11.1 Å². The van der Waals surface area contributed by atoms with Crippen molar-refractivity contribution in [3.8, 4) is 11.5 Å². The number of rotatable bonds is 4. The summed E-state index contributed by atoms with van der Waals surface area (Å²) in [5.74, 6) is 0.965. The molecule has 0 aromatic heterocycles. The summed E-state index contributed by atoms with van der Waals surface area (Å²) in [6.45, 7) is 10.2. The molecule has 0 fully saturated rings. The number of halogens is 2. The smallest absolute Gasteiger partial charge is 0.228 e. The second-order valence-corrected chi connectivity index (χ2v) is 6.85. The van der Waals surface area contributed by atoms with Crippen molar-refractivity contribution in [3.05, 3.63) is 23.3 Å². The number of benzene rings is 1. The Labute approximate surface area is 120 Å². The molecule has 0 aliphatic carbocycles. The van der Waals surface area contributed by atoms with E-state index in [4.69, 9.17) is 9.47 Å². The number of alkyl halides is 2. The first-order valence-corrected chi connectivity index (χ1v) is 6.67. The van der Waals surface area contributed by atoms with Crippen LogP contribution in [0.5, 0.6) is 11.5 Å². The molecule has 114 valence electrons. The molecule has 0 N–H and O–H groups in total. The van der Waals surface area contributed by atoms with E-state index < -0.39 is 13.7 Å². The Morgan fingerprint density at radius 2 is 1.05 bits per heavy atom. The number of hydrogen-bond acceptors (Lipinski definition) is 2. The summed E-state index contributed by atoms with van der Waals surface area (Å²) < 4.78 is 35.5. The summed E-state index contributed by atoms with van der Waals surface area (Å²) >= 11 is 0. The molecule has 0 atom stereocenters. The highest BCUT2D eigenvalue weighted by Crippen LogP contribution is 2.41. The molecule has 1 rings (SSSR count). The minimum Gasteiger partial charge on any atom is -0.463 e. The Kier molecular flexibility index (Phi) is 5.00. The maximum absolute atomic E-state index is 12.6. The quantitative estimate of drug-likeness (QED) is 0.784. The van der Waals surface area contributed by atoms with Crippen molar-refractivity contribution in [2.75, 3.05) is 13.7 Å². The van der Waals surface area contributed by atoms with Gasteiger partial charge >= 0.3 is 0 Å². The average molecular weight is 286 g/mol. The Morgan fingerprint density at radius 3 is 1.25 bits per heavy atom. The van der Waals surface area contributed by atoms with Crippen molar-refractivity contribution < 1.29 is 18.3 Å². The molecule has 0 heterocycles. The highest BCUT2D eigenvalue weighted by Gasteiger charge is 2.26. The van der Waals surface area contributed by atoms with E-state index in [9.17, 15) is 8.78 Å². The summed E-state index contributed by atoms with van der Waals surface area (Å²) in [5, 5.41) is 0. The van der Waals surface area contributed by atoms with Gasteiger partial charge in [0.05, 0.1) is 0 Å². The predicted molar refractivity (Wildman–Crippen MR) is 77.0 cm³/mol. The van der Waals surface area contributed by atoms with Gasteiger partial charge in [-0.2, -0.15) is 0 Å². The topological polar surface area (TPSA) is 18.5 Å². The summed E-state index contributed by atoms with van der Waals surface area (Å²) in [6.07, 6.45) is 0. The van der Waals surface area contributed by atoms with Gasteiger partial charge in [0.2, 0.25) is 13.7 Å². The van der Waals surface area contributed by atoms with Crippen LogP contribution < -0.4 is 9.47 Å². The van der Waals surface area contributed by atoms with Crippen LogP contribution in [-0.4, -0.2) is 13.7 Å². The molecule has 0 unspecified atom stereocenters. The third-order valence-corrected chi connectivity index (χ3v) is 3.12. The molecule has 2 nitrogen and oxygen atoms in total. The first-order valence-electron chi connectivity index (χ1n) is 6.67. The zero-order valence-electron chi connectivity index (χ0n) is 13.1.